The van der Waals surface area contributed by atoms with Gasteiger partial charge >= 0.3 is 0 Å². The van der Waals surface area contributed by atoms with E-state index in [9.17, 15) is 4.79 Å². The highest BCUT2D eigenvalue weighted by Crippen LogP contribution is 2.24. The summed E-state index contributed by atoms with van der Waals surface area (Å²) in [5.74, 6) is 0.144. The van der Waals surface area contributed by atoms with Crippen molar-refractivity contribution in [3.05, 3.63) is 20.8 Å². The van der Waals surface area contributed by atoms with Crippen molar-refractivity contribution in [3.8, 4) is 0 Å². The second-order valence-corrected chi connectivity index (χ2v) is 6.29. The fourth-order valence-corrected chi connectivity index (χ4v) is 3.23. The lowest BCUT2D eigenvalue weighted by Crippen LogP contribution is -2.40. The van der Waals surface area contributed by atoms with Crippen LogP contribution >= 0.6 is 27.3 Å². The average Bonchev–Trinajstić information content (AvgIpc) is 2.75. The van der Waals surface area contributed by atoms with Gasteiger partial charge in [0, 0.05) is 20.2 Å². The maximum atomic E-state index is 12.1. The molecule has 1 aliphatic rings. The minimum atomic E-state index is 0.144. The number of carbonyl (C=O) groups is 1. The molecule has 0 bridgehead atoms. The lowest BCUT2D eigenvalue weighted by atomic mass is 10.1. The Balaban J connectivity index is 1.96. The summed E-state index contributed by atoms with van der Waals surface area (Å²) in [5.41, 5.74) is 0. The zero-order chi connectivity index (χ0) is 11.5. The van der Waals surface area contributed by atoms with Gasteiger partial charge in [-0.05, 0) is 40.9 Å². The van der Waals surface area contributed by atoms with E-state index >= 15 is 0 Å². The Kier molecular flexibility index (Phi) is 4.00. The van der Waals surface area contributed by atoms with Crippen molar-refractivity contribution in [2.45, 2.75) is 18.9 Å². The SMILES string of the molecule is COC1CCN(C(=O)c2ccc(Br)s2)CC1. The Labute approximate surface area is 108 Å². The smallest absolute Gasteiger partial charge is 0.263 e. The molecule has 0 spiro atoms. The third-order valence-corrected chi connectivity index (χ3v) is 4.46. The van der Waals surface area contributed by atoms with E-state index < -0.39 is 0 Å². The summed E-state index contributed by atoms with van der Waals surface area (Å²) >= 11 is 4.86. The molecule has 16 heavy (non-hydrogen) atoms. The van der Waals surface area contributed by atoms with Crippen LogP contribution in [0.4, 0.5) is 0 Å². The summed E-state index contributed by atoms with van der Waals surface area (Å²) in [6, 6.07) is 3.79. The third kappa shape index (κ3) is 2.64. The van der Waals surface area contributed by atoms with Crippen LogP contribution in [-0.2, 0) is 4.74 Å². The number of piperidine rings is 1. The molecule has 0 unspecified atom stereocenters. The fraction of sp³-hybridized carbons (Fsp3) is 0.545. The van der Waals surface area contributed by atoms with E-state index in [1.165, 1.54) is 11.3 Å². The Bertz CT molecular complexity index is 372. The molecule has 0 radical (unpaired) electrons. The first kappa shape index (κ1) is 12.1. The molecule has 3 nitrogen and oxygen atoms in total. The van der Waals surface area contributed by atoms with Gasteiger partial charge in [0.15, 0.2) is 0 Å². The van der Waals surface area contributed by atoms with Crippen molar-refractivity contribution >= 4 is 33.2 Å². The van der Waals surface area contributed by atoms with Crippen LogP contribution in [-0.4, -0.2) is 37.1 Å². The summed E-state index contributed by atoms with van der Waals surface area (Å²) in [6.07, 6.45) is 2.20. The predicted octanol–water partition coefficient (Wildman–Crippen LogP) is 2.76. The molecular formula is C11H14BrNO2S. The van der Waals surface area contributed by atoms with Crippen LogP contribution in [0.5, 0.6) is 0 Å². The largest absolute Gasteiger partial charge is 0.381 e. The van der Waals surface area contributed by atoms with Crippen LogP contribution in [0.15, 0.2) is 15.9 Å². The quantitative estimate of drug-likeness (QED) is 0.841. The summed E-state index contributed by atoms with van der Waals surface area (Å²) in [7, 11) is 1.73. The highest BCUT2D eigenvalue weighted by atomic mass is 79.9. The van der Waals surface area contributed by atoms with E-state index in [-0.39, 0.29) is 5.91 Å². The minimum absolute atomic E-state index is 0.144. The molecule has 1 aliphatic heterocycles. The maximum absolute atomic E-state index is 12.1. The molecule has 2 rings (SSSR count). The molecule has 5 heteroatoms. The number of rotatable bonds is 2. The molecular weight excluding hydrogens is 290 g/mol. The van der Waals surface area contributed by atoms with Crippen molar-refractivity contribution in [2.24, 2.45) is 0 Å². The number of nitrogens with zero attached hydrogens (tertiary/aromatic N) is 1. The molecule has 0 atom stereocenters. The number of thiophene rings is 1. The molecule has 1 aromatic heterocycles. The van der Waals surface area contributed by atoms with Crippen molar-refractivity contribution in [3.63, 3.8) is 0 Å². The Morgan fingerprint density at radius 1 is 1.50 bits per heavy atom. The maximum Gasteiger partial charge on any atom is 0.263 e. The predicted molar refractivity (Wildman–Crippen MR) is 68.0 cm³/mol. The Morgan fingerprint density at radius 3 is 2.69 bits per heavy atom. The highest BCUT2D eigenvalue weighted by Gasteiger charge is 2.24. The van der Waals surface area contributed by atoms with Crippen molar-refractivity contribution < 1.29 is 9.53 Å². The van der Waals surface area contributed by atoms with Gasteiger partial charge in [-0.1, -0.05) is 0 Å². The molecule has 1 saturated heterocycles. The normalized spacial score (nSPS) is 17.8. The molecule has 0 aromatic carbocycles. The van der Waals surface area contributed by atoms with Crippen LogP contribution in [0.2, 0.25) is 0 Å². The number of likely N-dealkylation sites (tertiary alicyclic amines) is 1. The number of carbonyl (C=O) groups excluding carboxylic acids is 1. The van der Waals surface area contributed by atoms with E-state index in [0.29, 0.717) is 6.10 Å². The standard InChI is InChI=1S/C11H14BrNO2S/c1-15-8-4-6-13(7-5-8)11(14)9-2-3-10(12)16-9/h2-3,8H,4-7H2,1H3. The van der Waals surface area contributed by atoms with Crippen LogP contribution < -0.4 is 0 Å². The van der Waals surface area contributed by atoms with E-state index in [1.807, 2.05) is 17.0 Å². The number of ether oxygens (including phenoxy) is 1. The highest BCUT2D eigenvalue weighted by molar-refractivity contribution is 9.11. The number of halogens is 1. The van der Waals surface area contributed by atoms with E-state index in [0.717, 1.165) is 34.6 Å². The third-order valence-electron chi connectivity index (χ3n) is 2.85. The first-order chi connectivity index (χ1) is 7.70. The van der Waals surface area contributed by atoms with Crippen molar-refractivity contribution in [1.82, 2.24) is 4.90 Å². The number of hydrogen-bond donors (Lipinski definition) is 0. The molecule has 1 fully saturated rings. The fourth-order valence-electron chi connectivity index (χ4n) is 1.88. The van der Waals surface area contributed by atoms with Gasteiger partial charge < -0.3 is 9.64 Å². The van der Waals surface area contributed by atoms with E-state index in [2.05, 4.69) is 15.9 Å². The summed E-state index contributed by atoms with van der Waals surface area (Å²) in [6.45, 7) is 1.60. The van der Waals surface area contributed by atoms with Gasteiger partial charge in [0.05, 0.1) is 14.8 Å². The number of amides is 1. The zero-order valence-electron chi connectivity index (χ0n) is 9.11. The molecule has 0 aliphatic carbocycles. The average molecular weight is 304 g/mol. The van der Waals surface area contributed by atoms with Gasteiger partial charge in [-0.2, -0.15) is 0 Å². The van der Waals surface area contributed by atoms with Gasteiger partial charge in [-0.15, -0.1) is 11.3 Å². The van der Waals surface area contributed by atoms with Gasteiger partial charge in [0.25, 0.3) is 5.91 Å². The molecule has 0 saturated carbocycles. The van der Waals surface area contributed by atoms with Gasteiger partial charge in [-0.3, -0.25) is 4.79 Å². The van der Waals surface area contributed by atoms with Gasteiger partial charge in [0.2, 0.25) is 0 Å². The Hall–Kier alpha value is -0.390. The second kappa shape index (κ2) is 5.29. The zero-order valence-corrected chi connectivity index (χ0v) is 11.5. The van der Waals surface area contributed by atoms with Gasteiger partial charge in [-0.25, -0.2) is 0 Å². The second-order valence-electron chi connectivity index (χ2n) is 3.83. The van der Waals surface area contributed by atoms with Crippen LogP contribution in [0.3, 0.4) is 0 Å². The molecule has 1 aromatic rings. The topological polar surface area (TPSA) is 29.5 Å². The monoisotopic (exact) mass is 303 g/mol. The first-order valence-electron chi connectivity index (χ1n) is 5.28. The van der Waals surface area contributed by atoms with Crippen molar-refractivity contribution in [2.75, 3.05) is 20.2 Å². The first-order valence-corrected chi connectivity index (χ1v) is 6.89. The lowest BCUT2D eigenvalue weighted by Gasteiger charge is -2.30. The minimum Gasteiger partial charge on any atom is -0.381 e. The van der Waals surface area contributed by atoms with E-state index in [1.54, 1.807) is 7.11 Å². The lowest BCUT2D eigenvalue weighted by molar-refractivity contribution is 0.0353. The molecule has 1 amide bonds. The molecule has 2 heterocycles. The van der Waals surface area contributed by atoms with Crippen LogP contribution in [0, 0.1) is 0 Å². The molecule has 88 valence electrons. The van der Waals surface area contributed by atoms with Crippen LogP contribution in [0.25, 0.3) is 0 Å². The number of hydrogen-bond acceptors (Lipinski definition) is 3. The molecule has 0 N–H and O–H groups in total. The summed E-state index contributed by atoms with van der Waals surface area (Å²) in [5, 5.41) is 0. The van der Waals surface area contributed by atoms with Crippen LogP contribution in [0.1, 0.15) is 22.5 Å². The van der Waals surface area contributed by atoms with E-state index in [4.69, 9.17) is 4.74 Å². The van der Waals surface area contributed by atoms with Crippen molar-refractivity contribution in [1.29, 1.82) is 0 Å². The summed E-state index contributed by atoms with van der Waals surface area (Å²) < 4.78 is 6.29. The summed E-state index contributed by atoms with van der Waals surface area (Å²) in [4.78, 5) is 14.8. The Morgan fingerprint density at radius 2 is 2.19 bits per heavy atom. The number of methoxy groups -OCH3 is 1. The van der Waals surface area contributed by atoms with Gasteiger partial charge in [0.1, 0.15) is 0 Å².